The first kappa shape index (κ1) is 16.7. The van der Waals surface area contributed by atoms with Crippen molar-refractivity contribution in [1.82, 2.24) is 10.2 Å². The van der Waals surface area contributed by atoms with Crippen LogP contribution in [0.4, 0.5) is 4.79 Å². The lowest BCUT2D eigenvalue weighted by molar-refractivity contribution is -0.141. The number of carboxylic acid groups (broad SMARTS) is 1. The van der Waals surface area contributed by atoms with Crippen molar-refractivity contribution < 1.29 is 24.5 Å². The van der Waals surface area contributed by atoms with E-state index in [2.05, 4.69) is 5.32 Å². The lowest BCUT2D eigenvalue weighted by Gasteiger charge is -2.28. The molecule has 1 heterocycles. The number of rotatable bonds is 6. The molecule has 0 saturated carbocycles. The Morgan fingerprint density at radius 2 is 2.00 bits per heavy atom. The van der Waals surface area contributed by atoms with Crippen LogP contribution in [0.5, 0.6) is 0 Å². The van der Waals surface area contributed by atoms with Crippen LogP contribution in [0.1, 0.15) is 26.2 Å². The van der Waals surface area contributed by atoms with Gasteiger partial charge in [0.05, 0.1) is 12.0 Å². The van der Waals surface area contributed by atoms with Crippen molar-refractivity contribution in [3.05, 3.63) is 0 Å². The average molecular weight is 288 g/mol. The zero-order chi connectivity index (χ0) is 15.2. The number of aliphatic hydroxyl groups is 1. The molecule has 0 aromatic heterocycles. The summed E-state index contributed by atoms with van der Waals surface area (Å²) >= 11 is 0. The second kappa shape index (κ2) is 7.44. The smallest absolute Gasteiger partial charge is 0.317 e. The first-order valence-electron chi connectivity index (χ1n) is 6.81. The summed E-state index contributed by atoms with van der Waals surface area (Å²) in [5.74, 6) is -0.668. The Morgan fingerprint density at radius 3 is 2.55 bits per heavy atom. The summed E-state index contributed by atoms with van der Waals surface area (Å²) in [5, 5.41) is 21.0. The molecule has 2 amide bonds. The highest BCUT2D eigenvalue weighted by atomic mass is 16.5. The summed E-state index contributed by atoms with van der Waals surface area (Å²) in [6.45, 7) is 3.40. The molecule has 1 unspecified atom stereocenters. The van der Waals surface area contributed by atoms with Crippen LogP contribution in [0.2, 0.25) is 0 Å². The third-order valence-corrected chi connectivity index (χ3v) is 3.37. The Morgan fingerprint density at radius 1 is 1.40 bits per heavy atom. The summed E-state index contributed by atoms with van der Waals surface area (Å²) in [7, 11) is 1.69. The molecule has 7 nitrogen and oxygen atoms in total. The third kappa shape index (κ3) is 6.21. The number of urea groups is 1. The molecule has 0 aromatic carbocycles. The van der Waals surface area contributed by atoms with Gasteiger partial charge in [-0.25, -0.2) is 4.79 Å². The highest BCUT2D eigenvalue weighted by molar-refractivity contribution is 5.74. The van der Waals surface area contributed by atoms with Gasteiger partial charge in [-0.2, -0.15) is 0 Å². The van der Waals surface area contributed by atoms with Gasteiger partial charge in [0, 0.05) is 33.4 Å². The van der Waals surface area contributed by atoms with Gasteiger partial charge in [0.1, 0.15) is 0 Å². The zero-order valence-electron chi connectivity index (χ0n) is 12.1. The van der Waals surface area contributed by atoms with Gasteiger partial charge in [-0.3, -0.25) is 4.79 Å². The van der Waals surface area contributed by atoms with Crippen molar-refractivity contribution in [2.24, 2.45) is 5.92 Å². The van der Waals surface area contributed by atoms with E-state index in [4.69, 9.17) is 9.84 Å². The molecule has 7 heteroatoms. The summed E-state index contributed by atoms with van der Waals surface area (Å²) in [6, 6.07) is -0.304. The highest BCUT2D eigenvalue weighted by Crippen LogP contribution is 2.15. The second-order valence-corrected chi connectivity index (χ2v) is 5.66. The minimum Gasteiger partial charge on any atom is -0.481 e. The number of ether oxygens (including phenoxy) is 1. The molecule has 116 valence electrons. The van der Waals surface area contributed by atoms with Crippen LogP contribution in [0.15, 0.2) is 0 Å². The fourth-order valence-corrected chi connectivity index (χ4v) is 2.19. The molecule has 0 aromatic rings. The Hall–Kier alpha value is -1.34. The number of carbonyl (C=O) groups excluding carboxylic acids is 1. The van der Waals surface area contributed by atoms with E-state index < -0.39 is 18.0 Å². The number of hydrogen-bond donors (Lipinski definition) is 3. The van der Waals surface area contributed by atoms with E-state index in [1.54, 1.807) is 11.9 Å². The largest absolute Gasteiger partial charge is 0.481 e. The number of carbonyl (C=O) groups is 2. The Kier molecular flexibility index (Phi) is 6.22. The molecule has 1 aliphatic rings. The van der Waals surface area contributed by atoms with Crippen molar-refractivity contribution in [3.8, 4) is 0 Å². The molecule has 0 bridgehead atoms. The van der Waals surface area contributed by atoms with E-state index >= 15 is 0 Å². The SMILES string of the molecule is CN(CC1CCOCC1)C(=O)NCC(C)(O)CC(=O)O. The maximum atomic E-state index is 11.9. The lowest BCUT2D eigenvalue weighted by Crippen LogP contribution is -2.47. The number of amides is 2. The second-order valence-electron chi connectivity index (χ2n) is 5.66. The van der Waals surface area contributed by atoms with Crippen molar-refractivity contribution in [2.75, 3.05) is 33.4 Å². The summed E-state index contributed by atoms with van der Waals surface area (Å²) < 4.78 is 5.26. The molecular formula is C13H24N2O5. The van der Waals surface area contributed by atoms with E-state index in [9.17, 15) is 14.7 Å². The topological polar surface area (TPSA) is 99.1 Å². The predicted molar refractivity (Wildman–Crippen MR) is 72.4 cm³/mol. The number of nitrogens with zero attached hydrogens (tertiary/aromatic N) is 1. The molecule has 3 N–H and O–H groups in total. The van der Waals surface area contributed by atoms with E-state index in [1.807, 2.05) is 0 Å². The van der Waals surface area contributed by atoms with E-state index in [1.165, 1.54) is 6.92 Å². The number of aliphatic carboxylic acids is 1. The molecule has 1 atom stereocenters. The van der Waals surface area contributed by atoms with Crippen molar-refractivity contribution >= 4 is 12.0 Å². The van der Waals surface area contributed by atoms with Gasteiger partial charge in [-0.15, -0.1) is 0 Å². The quantitative estimate of drug-likeness (QED) is 0.652. The summed E-state index contributed by atoms with van der Waals surface area (Å²) in [6.07, 6.45) is 1.47. The van der Waals surface area contributed by atoms with Crippen molar-refractivity contribution in [3.63, 3.8) is 0 Å². The lowest BCUT2D eigenvalue weighted by atomic mass is 10.00. The van der Waals surface area contributed by atoms with Crippen LogP contribution in [-0.4, -0.2) is 66.1 Å². The Labute approximate surface area is 118 Å². The van der Waals surface area contributed by atoms with Crippen LogP contribution in [0, 0.1) is 5.92 Å². The van der Waals surface area contributed by atoms with Gasteiger partial charge in [0.2, 0.25) is 0 Å². The zero-order valence-corrected chi connectivity index (χ0v) is 12.1. The standard InChI is InChI=1S/C13H24N2O5/c1-13(19,7-11(16)17)9-14-12(18)15(2)8-10-3-5-20-6-4-10/h10,19H,3-9H2,1-2H3,(H,14,18)(H,16,17). The van der Waals surface area contributed by atoms with E-state index in [-0.39, 0.29) is 12.6 Å². The van der Waals surface area contributed by atoms with E-state index in [0.29, 0.717) is 12.5 Å². The fraction of sp³-hybridized carbons (Fsp3) is 0.846. The molecule has 20 heavy (non-hydrogen) atoms. The van der Waals surface area contributed by atoms with Crippen LogP contribution in [0.25, 0.3) is 0 Å². The van der Waals surface area contributed by atoms with Gasteiger partial charge in [0.25, 0.3) is 0 Å². The van der Waals surface area contributed by atoms with Crippen LogP contribution in [-0.2, 0) is 9.53 Å². The molecular weight excluding hydrogens is 264 g/mol. The van der Waals surface area contributed by atoms with Crippen LogP contribution >= 0.6 is 0 Å². The van der Waals surface area contributed by atoms with Gasteiger partial charge < -0.3 is 25.2 Å². The van der Waals surface area contributed by atoms with Gasteiger partial charge in [0.15, 0.2) is 0 Å². The van der Waals surface area contributed by atoms with Crippen molar-refractivity contribution in [2.45, 2.75) is 31.8 Å². The molecule has 1 aliphatic heterocycles. The summed E-state index contributed by atoms with van der Waals surface area (Å²) in [5.41, 5.74) is -1.44. The van der Waals surface area contributed by atoms with Crippen LogP contribution in [0.3, 0.4) is 0 Å². The number of carboxylic acids is 1. The molecule has 1 fully saturated rings. The average Bonchev–Trinajstić information content (AvgIpc) is 2.35. The minimum absolute atomic E-state index is 0.0871. The predicted octanol–water partition coefficient (Wildman–Crippen LogP) is 0.280. The molecule has 0 spiro atoms. The molecule has 1 saturated heterocycles. The highest BCUT2D eigenvalue weighted by Gasteiger charge is 2.26. The number of hydrogen-bond acceptors (Lipinski definition) is 4. The number of nitrogens with one attached hydrogen (secondary N) is 1. The van der Waals surface area contributed by atoms with Gasteiger partial charge in [-0.1, -0.05) is 0 Å². The normalized spacial score (nSPS) is 19.1. The van der Waals surface area contributed by atoms with Gasteiger partial charge >= 0.3 is 12.0 Å². The summed E-state index contributed by atoms with van der Waals surface area (Å²) in [4.78, 5) is 24.0. The third-order valence-electron chi connectivity index (χ3n) is 3.37. The molecule has 0 radical (unpaired) electrons. The van der Waals surface area contributed by atoms with Crippen LogP contribution < -0.4 is 5.32 Å². The van der Waals surface area contributed by atoms with E-state index in [0.717, 1.165) is 26.1 Å². The molecule has 1 rings (SSSR count). The maximum absolute atomic E-state index is 11.9. The Balaban J connectivity index is 2.32. The monoisotopic (exact) mass is 288 g/mol. The minimum atomic E-state index is -1.44. The molecule has 0 aliphatic carbocycles. The Bertz CT molecular complexity index is 340. The first-order valence-corrected chi connectivity index (χ1v) is 6.81. The first-order chi connectivity index (χ1) is 9.30. The van der Waals surface area contributed by atoms with Crippen molar-refractivity contribution in [1.29, 1.82) is 0 Å². The fourth-order valence-electron chi connectivity index (χ4n) is 2.19. The maximum Gasteiger partial charge on any atom is 0.317 e. The van der Waals surface area contributed by atoms with Gasteiger partial charge in [-0.05, 0) is 25.7 Å².